The van der Waals surface area contributed by atoms with Crippen LogP contribution in [0.1, 0.15) is 25.0 Å². The van der Waals surface area contributed by atoms with Crippen molar-refractivity contribution in [3.63, 3.8) is 0 Å². The quantitative estimate of drug-likeness (QED) is 0.540. The molecule has 3 aromatic carbocycles. The summed E-state index contributed by atoms with van der Waals surface area (Å²) in [7, 11) is 0. The predicted octanol–water partition coefficient (Wildman–Crippen LogP) is 5.12. The molecule has 0 amide bonds. The SMILES string of the molecule is CCc1cccc2cc3c(CC)cccc3cc12. The number of aryl methyl sites for hydroxylation is 2. The van der Waals surface area contributed by atoms with Crippen LogP contribution in [0.25, 0.3) is 21.5 Å². The van der Waals surface area contributed by atoms with E-state index in [0.717, 1.165) is 12.8 Å². The van der Waals surface area contributed by atoms with E-state index in [4.69, 9.17) is 0 Å². The fourth-order valence-corrected chi connectivity index (χ4v) is 2.80. The summed E-state index contributed by atoms with van der Waals surface area (Å²) in [6.45, 7) is 4.45. The minimum atomic E-state index is 1.09. The second kappa shape index (κ2) is 4.45. The van der Waals surface area contributed by atoms with Gasteiger partial charge in [0.1, 0.15) is 0 Å². The lowest BCUT2D eigenvalue weighted by molar-refractivity contribution is 1.16. The Balaban J connectivity index is 2.43. The van der Waals surface area contributed by atoms with Gasteiger partial charge in [0, 0.05) is 0 Å². The van der Waals surface area contributed by atoms with E-state index >= 15 is 0 Å². The molecule has 0 spiro atoms. The molecule has 0 nitrogen and oxygen atoms in total. The molecule has 0 unspecified atom stereocenters. The van der Waals surface area contributed by atoms with Gasteiger partial charge >= 0.3 is 0 Å². The maximum absolute atomic E-state index is 2.35. The van der Waals surface area contributed by atoms with Crippen LogP contribution in [-0.4, -0.2) is 0 Å². The van der Waals surface area contributed by atoms with Gasteiger partial charge in [-0.2, -0.15) is 0 Å². The zero-order chi connectivity index (χ0) is 12.5. The molecule has 0 fully saturated rings. The maximum Gasteiger partial charge on any atom is -0.0146 e. The van der Waals surface area contributed by atoms with Gasteiger partial charge in [0.05, 0.1) is 0 Å². The molecule has 0 aromatic heterocycles. The summed E-state index contributed by atoms with van der Waals surface area (Å²) in [6, 6.07) is 17.9. The first-order chi connectivity index (χ1) is 8.83. The Morgan fingerprint density at radius 3 is 1.50 bits per heavy atom. The van der Waals surface area contributed by atoms with Crippen molar-refractivity contribution in [2.24, 2.45) is 0 Å². The van der Waals surface area contributed by atoms with Crippen molar-refractivity contribution < 1.29 is 0 Å². The van der Waals surface area contributed by atoms with E-state index in [9.17, 15) is 0 Å². The molecule has 0 saturated carbocycles. The van der Waals surface area contributed by atoms with Crippen LogP contribution in [0, 0.1) is 0 Å². The third kappa shape index (κ3) is 1.69. The molecule has 18 heavy (non-hydrogen) atoms. The van der Waals surface area contributed by atoms with Crippen LogP contribution in [0.4, 0.5) is 0 Å². The highest BCUT2D eigenvalue weighted by Gasteiger charge is 2.04. The lowest BCUT2D eigenvalue weighted by Crippen LogP contribution is -1.87. The van der Waals surface area contributed by atoms with Crippen molar-refractivity contribution in [3.8, 4) is 0 Å². The van der Waals surface area contributed by atoms with Gasteiger partial charge in [0.15, 0.2) is 0 Å². The van der Waals surface area contributed by atoms with Crippen LogP contribution in [0.15, 0.2) is 48.5 Å². The highest BCUT2D eigenvalue weighted by atomic mass is 14.1. The molecule has 0 bridgehead atoms. The number of benzene rings is 3. The second-order valence-corrected chi connectivity index (χ2v) is 4.84. The Morgan fingerprint density at radius 1 is 0.667 bits per heavy atom. The fraction of sp³-hybridized carbons (Fsp3) is 0.222. The summed E-state index contributed by atoms with van der Waals surface area (Å²) in [5.41, 5.74) is 2.88. The summed E-state index contributed by atoms with van der Waals surface area (Å²) < 4.78 is 0. The number of hydrogen-bond donors (Lipinski definition) is 0. The Hall–Kier alpha value is -1.82. The Bertz CT molecular complexity index is 644. The van der Waals surface area contributed by atoms with Crippen LogP contribution >= 0.6 is 0 Å². The van der Waals surface area contributed by atoms with E-state index in [0.29, 0.717) is 0 Å². The predicted molar refractivity (Wildman–Crippen MR) is 80.2 cm³/mol. The van der Waals surface area contributed by atoms with E-state index < -0.39 is 0 Å². The van der Waals surface area contributed by atoms with Gasteiger partial charge in [-0.1, -0.05) is 50.2 Å². The summed E-state index contributed by atoms with van der Waals surface area (Å²) >= 11 is 0. The minimum Gasteiger partial charge on any atom is -0.0614 e. The van der Waals surface area contributed by atoms with Crippen LogP contribution in [0.3, 0.4) is 0 Å². The van der Waals surface area contributed by atoms with Gasteiger partial charge in [-0.3, -0.25) is 0 Å². The number of fused-ring (bicyclic) bond motifs is 2. The zero-order valence-corrected chi connectivity index (χ0v) is 11.0. The molecule has 0 aliphatic carbocycles. The highest BCUT2D eigenvalue weighted by Crippen LogP contribution is 2.28. The van der Waals surface area contributed by atoms with Crippen molar-refractivity contribution in [3.05, 3.63) is 59.7 Å². The van der Waals surface area contributed by atoms with Gasteiger partial charge < -0.3 is 0 Å². The number of hydrogen-bond acceptors (Lipinski definition) is 0. The summed E-state index contributed by atoms with van der Waals surface area (Å²) in [5.74, 6) is 0. The second-order valence-electron chi connectivity index (χ2n) is 4.84. The minimum absolute atomic E-state index is 1.09. The molecular weight excluding hydrogens is 216 g/mol. The maximum atomic E-state index is 2.35. The first-order valence-corrected chi connectivity index (χ1v) is 6.76. The molecule has 3 rings (SSSR count). The Kier molecular flexibility index (Phi) is 2.79. The topological polar surface area (TPSA) is 0 Å². The molecular formula is C18H18. The average molecular weight is 234 g/mol. The first kappa shape index (κ1) is 11.3. The molecule has 3 aromatic rings. The van der Waals surface area contributed by atoms with Crippen molar-refractivity contribution in [2.75, 3.05) is 0 Å². The largest absolute Gasteiger partial charge is 0.0614 e. The van der Waals surface area contributed by atoms with Crippen LogP contribution in [0.2, 0.25) is 0 Å². The third-order valence-electron chi connectivity index (χ3n) is 3.82. The molecule has 0 heteroatoms. The van der Waals surface area contributed by atoms with Crippen molar-refractivity contribution in [2.45, 2.75) is 26.7 Å². The zero-order valence-electron chi connectivity index (χ0n) is 11.0. The molecule has 0 heterocycles. The first-order valence-electron chi connectivity index (χ1n) is 6.76. The number of rotatable bonds is 2. The molecule has 0 saturated heterocycles. The van der Waals surface area contributed by atoms with E-state index in [1.165, 1.54) is 32.7 Å². The van der Waals surface area contributed by atoms with Crippen LogP contribution < -0.4 is 0 Å². The lowest BCUT2D eigenvalue weighted by atomic mass is 9.95. The average Bonchev–Trinajstić information content (AvgIpc) is 2.43. The molecule has 0 radical (unpaired) electrons. The highest BCUT2D eigenvalue weighted by molar-refractivity contribution is 6.00. The summed E-state index contributed by atoms with van der Waals surface area (Å²) in [6.07, 6.45) is 2.19. The third-order valence-corrected chi connectivity index (χ3v) is 3.82. The van der Waals surface area contributed by atoms with E-state index in [2.05, 4.69) is 62.4 Å². The van der Waals surface area contributed by atoms with Crippen LogP contribution in [0.5, 0.6) is 0 Å². The molecule has 0 N–H and O–H groups in total. The van der Waals surface area contributed by atoms with E-state index in [1.807, 2.05) is 0 Å². The van der Waals surface area contributed by atoms with Gasteiger partial charge in [-0.05, 0) is 57.6 Å². The molecule has 0 aliphatic heterocycles. The molecule has 90 valence electrons. The summed E-state index contributed by atoms with van der Waals surface area (Å²) in [5, 5.41) is 5.53. The van der Waals surface area contributed by atoms with Crippen molar-refractivity contribution in [1.82, 2.24) is 0 Å². The van der Waals surface area contributed by atoms with E-state index in [-0.39, 0.29) is 0 Å². The monoisotopic (exact) mass is 234 g/mol. The Morgan fingerprint density at radius 2 is 1.11 bits per heavy atom. The van der Waals surface area contributed by atoms with Crippen LogP contribution in [-0.2, 0) is 12.8 Å². The molecule has 0 atom stereocenters. The van der Waals surface area contributed by atoms with Gasteiger partial charge in [0.25, 0.3) is 0 Å². The van der Waals surface area contributed by atoms with Gasteiger partial charge in [-0.15, -0.1) is 0 Å². The Labute approximate surface area is 108 Å². The lowest BCUT2D eigenvalue weighted by Gasteiger charge is -2.09. The van der Waals surface area contributed by atoms with Crippen molar-refractivity contribution in [1.29, 1.82) is 0 Å². The normalized spacial score (nSPS) is 11.2. The van der Waals surface area contributed by atoms with Gasteiger partial charge in [0.2, 0.25) is 0 Å². The summed E-state index contributed by atoms with van der Waals surface area (Å²) in [4.78, 5) is 0. The molecule has 0 aliphatic rings. The van der Waals surface area contributed by atoms with Gasteiger partial charge in [-0.25, -0.2) is 0 Å². The van der Waals surface area contributed by atoms with E-state index in [1.54, 1.807) is 0 Å². The van der Waals surface area contributed by atoms with Crippen molar-refractivity contribution >= 4 is 21.5 Å². The smallest absolute Gasteiger partial charge is 0.0146 e. The standard InChI is InChI=1S/C18H18/c1-3-13-7-5-9-15-12-18-14(4-2)8-6-10-16(18)11-17(13)15/h5-12H,3-4H2,1-2H3. The fourth-order valence-electron chi connectivity index (χ4n) is 2.80.